The molecule has 0 aliphatic rings. The SMILES string of the molecule is CN(CCCCCO)C(=O)c1cccc(C(=O)O)n1. The lowest BCUT2D eigenvalue weighted by molar-refractivity contribution is 0.0690. The second-order valence-electron chi connectivity index (χ2n) is 4.22. The Labute approximate surface area is 111 Å². The van der Waals surface area contributed by atoms with Gasteiger partial charge in [-0.15, -0.1) is 0 Å². The van der Waals surface area contributed by atoms with Crippen molar-refractivity contribution in [1.82, 2.24) is 9.88 Å². The number of pyridine rings is 1. The topological polar surface area (TPSA) is 90.7 Å². The van der Waals surface area contributed by atoms with Crippen LogP contribution in [0.4, 0.5) is 0 Å². The molecule has 0 unspecified atom stereocenters. The Morgan fingerprint density at radius 1 is 1.21 bits per heavy atom. The number of hydrogen-bond donors (Lipinski definition) is 2. The van der Waals surface area contributed by atoms with Gasteiger partial charge in [-0.1, -0.05) is 6.07 Å². The number of nitrogens with zero attached hydrogens (tertiary/aromatic N) is 2. The number of carbonyl (C=O) groups excluding carboxylic acids is 1. The van der Waals surface area contributed by atoms with Crippen LogP contribution in [0.1, 0.15) is 40.2 Å². The van der Waals surface area contributed by atoms with Crippen LogP contribution in [0.3, 0.4) is 0 Å². The summed E-state index contributed by atoms with van der Waals surface area (Å²) in [5.41, 5.74) is -0.0101. The van der Waals surface area contributed by atoms with Gasteiger partial charge in [0.15, 0.2) is 0 Å². The van der Waals surface area contributed by atoms with Gasteiger partial charge in [-0.2, -0.15) is 0 Å². The van der Waals surface area contributed by atoms with Gasteiger partial charge in [-0.05, 0) is 31.4 Å². The highest BCUT2D eigenvalue weighted by atomic mass is 16.4. The summed E-state index contributed by atoms with van der Waals surface area (Å²) >= 11 is 0. The quantitative estimate of drug-likeness (QED) is 0.719. The van der Waals surface area contributed by atoms with Gasteiger partial charge in [0.05, 0.1) is 0 Å². The van der Waals surface area contributed by atoms with E-state index in [1.165, 1.54) is 23.1 Å². The molecule has 1 rings (SSSR count). The third-order valence-corrected chi connectivity index (χ3v) is 2.69. The van der Waals surface area contributed by atoms with Crippen LogP contribution in [-0.2, 0) is 0 Å². The van der Waals surface area contributed by atoms with Gasteiger partial charge in [0, 0.05) is 20.2 Å². The van der Waals surface area contributed by atoms with Gasteiger partial charge in [-0.25, -0.2) is 9.78 Å². The van der Waals surface area contributed by atoms with Crippen LogP contribution in [0.2, 0.25) is 0 Å². The van der Waals surface area contributed by atoms with Crippen molar-refractivity contribution in [1.29, 1.82) is 0 Å². The van der Waals surface area contributed by atoms with E-state index in [2.05, 4.69) is 4.98 Å². The van der Waals surface area contributed by atoms with Crippen molar-refractivity contribution < 1.29 is 19.8 Å². The molecule has 6 nitrogen and oxygen atoms in total. The average molecular weight is 266 g/mol. The fourth-order valence-corrected chi connectivity index (χ4v) is 1.61. The Kier molecular flexibility index (Phi) is 5.95. The third kappa shape index (κ3) is 4.67. The van der Waals surface area contributed by atoms with Crippen molar-refractivity contribution in [3.05, 3.63) is 29.6 Å². The van der Waals surface area contributed by atoms with E-state index >= 15 is 0 Å². The summed E-state index contributed by atoms with van der Waals surface area (Å²) in [5, 5.41) is 17.5. The second kappa shape index (κ2) is 7.48. The lowest BCUT2D eigenvalue weighted by atomic mass is 10.2. The van der Waals surface area contributed by atoms with Gasteiger partial charge in [0.1, 0.15) is 11.4 Å². The predicted octanol–water partition coefficient (Wildman–Crippen LogP) is 1.01. The smallest absolute Gasteiger partial charge is 0.354 e. The molecule has 6 heteroatoms. The van der Waals surface area contributed by atoms with Crippen LogP contribution in [-0.4, -0.2) is 52.2 Å². The molecule has 104 valence electrons. The molecule has 0 bridgehead atoms. The molecular formula is C13H18N2O4. The number of aliphatic hydroxyl groups is 1. The first kappa shape index (κ1) is 15.1. The number of unbranched alkanes of at least 4 members (excludes halogenated alkanes) is 2. The first-order chi connectivity index (χ1) is 9.06. The molecule has 0 spiro atoms. The van der Waals surface area contributed by atoms with Crippen molar-refractivity contribution in [3.63, 3.8) is 0 Å². The van der Waals surface area contributed by atoms with Gasteiger partial charge in [-0.3, -0.25) is 4.79 Å². The summed E-state index contributed by atoms with van der Waals surface area (Å²) < 4.78 is 0. The van der Waals surface area contributed by atoms with Crippen LogP contribution < -0.4 is 0 Å². The van der Waals surface area contributed by atoms with Crippen molar-refractivity contribution >= 4 is 11.9 Å². The minimum atomic E-state index is -1.15. The summed E-state index contributed by atoms with van der Waals surface area (Å²) in [7, 11) is 1.65. The van der Waals surface area contributed by atoms with Gasteiger partial charge >= 0.3 is 5.97 Å². The number of hydrogen-bond acceptors (Lipinski definition) is 4. The van der Waals surface area contributed by atoms with E-state index in [4.69, 9.17) is 10.2 Å². The molecule has 0 aromatic carbocycles. The largest absolute Gasteiger partial charge is 0.477 e. The van der Waals surface area contributed by atoms with Crippen LogP contribution in [0.25, 0.3) is 0 Å². The fraction of sp³-hybridized carbons (Fsp3) is 0.462. The zero-order valence-electron chi connectivity index (χ0n) is 10.9. The van der Waals surface area contributed by atoms with E-state index in [-0.39, 0.29) is 23.9 Å². The molecule has 2 N–H and O–H groups in total. The van der Waals surface area contributed by atoms with Gasteiger partial charge in [0.25, 0.3) is 5.91 Å². The molecule has 1 amide bonds. The van der Waals surface area contributed by atoms with Crippen LogP contribution in [0, 0.1) is 0 Å². The van der Waals surface area contributed by atoms with E-state index in [0.717, 1.165) is 19.3 Å². The maximum absolute atomic E-state index is 12.0. The third-order valence-electron chi connectivity index (χ3n) is 2.69. The van der Waals surface area contributed by atoms with E-state index < -0.39 is 5.97 Å². The Bertz CT molecular complexity index is 448. The summed E-state index contributed by atoms with van der Waals surface area (Å²) in [4.78, 5) is 28.1. The standard InChI is InChI=1S/C13H18N2O4/c1-15(8-3-2-4-9-16)12(17)10-6-5-7-11(14-10)13(18)19/h5-7,16H,2-4,8-9H2,1H3,(H,18,19). The highest BCUT2D eigenvalue weighted by Crippen LogP contribution is 2.05. The predicted molar refractivity (Wildman–Crippen MR) is 69.1 cm³/mol. The minimum absolute atomic E-state index is 0.129. The molecule has 0 fully saturated rings. The van der Waals surface area contributed by atoms with Crippen molar-refractivity contribution in [3.8, 4) is 0 Å². The van der Waals surface area contributed by atoms with Gasteiger partial charge in [0.2, 0.25) is 0 Å². The molecule has 0 radical (unpaired) electrons. The zero-order chi connectivity index (χ0) is 14.3. The number of rotatable bonds is 7. The Hall–Kier alpha value is -1.95. The summed E-state index contributed by atoms with van der Waals surface area (Å²) in [6.45, 7) is 0.706. The maximum Gasteiger partial charge on any atom is 0.354 e. The Morgan fingerprint density at radius 3 is 2.53 bits per heavy atom. The van der Waals surface area contributed by atoms with Crippen LogP contribution in [0.5, 0.6) is 0 Å². The van der Waals surface area contributed by atoms with Gasteiger partial charge < -0.3 is 15.1 Å². The minimum Gasteiger partial charge on any atom is -0.477 e. The Morgan fingerprint density at radius 2 is 1.89 bits per heavy atom. The second-order valence-corrected chi connectivity index (χ2v) is 4.22. The number of carboxylic acid groups (broad SMARTS) is 1. The lowest BCUT2D eigenvalue weighted by Gasteiger charge is -2.16. The lowest BCUT2D eigenvalue weighted by Crippen LogP contribution is -2.28. The van der Waals surface area contributed by atoms with Crippen LogP contribution >= 0.6 is 0 Å². The van der Waals surface area contributed by atoms with Crippen molar-refractivity contribution in [2.24, 2.45) is 0 Å². The fourth-order valence-electron chi connectivity index (χ4n) is 1.61. The number of carbonyl (C=O) groups is 2. The van der Waals surface area contributed by atoms with Crippen molar-refractivity contribution in [2.45, 2.75) is 19.3 Å². The molecule has 0 aliphatic carbocycles. The van der Waals surface area contributed by atoms with E-state index in [1.807, 2.05) is 0 Å². The molecule has 19 heavy (non-hydrogen) atoms. The highest BCUT2D eigenvalue weighted by molar-refractivity contribution is 5.94. The number of aliphatic hydroxyl groups excluding tert-OH is 1. The van der Waals surface area contributed by atoms with Crippen LogP contribution in [0.15, 0.2) is 18.2 Å². The number of amides is 1. The Balaban J connectivity index is 2.61. The normalized spacial score (nSPS) is 10.2. The molecule has 0 aliphatic heterocycles. The van der Waals surface area contributed by atoms with E-state index in [1.54, 1.807) is 7.05 Å². The average Bonchev–Trinajstić information content (AvgIpc) is 2.42. The molecule has 0 saturated carbocycles. The molecule has 0 atom stereocenters. The molecule has 0 saturated heterocycles. The monoisotopic (exact) mass is 266 g/mol. The number of aromatic nitrogens is 1. The molecule has 1 aromatic heterocycles. The molecule has 1 heterocycles. The summed E-state index contributed by atoms with van der Waals surface area (Å²) in [5.74, 6) is -1.45. The first-order valence-corrected chi connectivity index (χ1v) is 6.13. The van der Waals surface area contributed by atoms with E-state index in [0.29, 0.717) is 6.54 Å². The van der Waals surface area contributed by atoms with Crippen molar-refractivity contribution in [2.75, 3.05) is 20.2 Å². The first-order valence-electron chi connectivity index (χ1n) is 6.13. The van der Waals surface area contributed by atoms with E-state index in [9.17, 15) is 9.59 Å². The summed E-state index contributed by atoms with van der Waals surface area (Å²) in [6, 6.07) is 4.35. The number of aromatic carboxylic acids is 1. The highest BCUT2D eigenvalue weighted by Gasteiger charge is 2.14. The molecular weight excluding hydrogens is 248 g/mol. The number of carboxylic acids is 1. The zero-order valence-corrected chi connectivity index (χ0v) is 10.9. The molecule has 1 aromatic rings. The maximum atomic E-state index is 12.0. The summed E-state index contributed by atoms with van der Waals surface area (Å²) in [6.07, 6.45) is 2.35.